The van der Waals surface area contributed by atoms with Crippen LogP contribution in [0, 0.1) is 5.41 Å². The molecule has 21 heavy (non-hydrogen) atoms. The number of carbonyl (C=O) groups excluding carboxylic acids is 1. The Bertz CT molecular complexity index is 552. The van der Waals surface area contributed by atoms with Crippen molar-refractivity contribution in [2.24, 2.45) is 12.5 Å². The summed E-state index contributed by atoms with van der Waals surface area (Å²) in [6.45, 7) is 4.76. The fourth-order valence-electron chi connectivity index (χ4n) is 3.07. The summed E-state index contributed by atoms with van der Waals surface area (Å²) in [6, 6.07) is 1.79. The largest absolute Gasteiger partial charge is 0.481 e. The average molecular weight is 293 g/mol. The zero-order chi connectivity index (χ0) is 15.6. The lowest BCUT2D eigenvalue weighted by molar-refractivity contribution is -0.148. The lowest BCUT2D eigenvalue weighted by Gasteiger charge is -2.24. The van der Waals surface area contributed by atoms with E-state index in [9.17, 15) is 14.7 Å². The Hall–Kier alpha value is -1.85. The minimum absolute atomic E-state index is 0.121. The number of carbonyl (C=O) groups is 2. The van der Waals surface area contributed by atoms with E-state index in [0.717, 1.165) is 18.5 Å². The number of hydrogen-bond donors (Lipinski definition) is 1. The number of rotatable bonds is 5. The first-order valence-electron chi connectivity index (χ1n) is 7.49. The number of amides is 1. The van der Waals surface area contributed by atoms with E-state index in [0.29, 0.717) is 31.6 Å². The van der Waals surface area contributed by atoms with E-state index < -0.39 is 11.4 Å². The normalized spacial score (nSPS) is 21.8. The third kappa shape index (κ3) is 2.80. The van der Waals surface area contributed by atoms with Gasteiger partial charge in [-0.2, -0.15) is 5.10 Å². The van der Waals surface area contributed by atoms with Crippen LogP contribution in [0.3, 0.4) is 0 Å². The van der Waals surface area contributed by atoms with Gasteiger partial charge in [0.05, 0.1) is 11.1 Å². The molecule has 0 radical (unpaired) electrons. The van der Waals surface area contributed by atoms with Gasteiger partial charge in [-0.1, -0.05) is 20.3 Å². The summed E-state index contributed by atoms with van der Waals surface area (Å²) in [4.78, 5) is 25.8. The molecule has 1 aromatic heterocycles. The molecule has 0 aliphatic carbocycles. The molecule has 0 aromatic carbocycles. The second kappa shape index (κ2) is 5.87. The van der Waals surface area contributed by atoms with Gasteiger partial charge in [0, 0.05) is 20.1 Å². The molecule has 1 aliphatic heterocycles. The quantitative estimate of drug-likeness (QED) is 0.896. The Labute approximate surface area is 124 Å². The van der Waals surface area contributed by atoms with Crippen LogP contribution in [-0.4, -0.2) is 44.8 Å². The highest BCUT2D eigenvalue weighted by molar-refractivity contribution is 5.93. The summed E-state index contributed by atoms with van der Waals surface area (Å²) in [5.74, 6) is -0.914. The molecule has 0 saturated carbocycles. The second-order valence-electron chi connectivity index (χ2n) is 5.81. The highest BCUT2D eigenvalue weighted by atomic mass is 16.4. The standard InChI is InChI=1S/C15H23N3O3/c1-4-6-15(14(20)21)7-8-18(10-15)13(19)12-9-11(5-2)16-17(12)3/h9H,4-8,10H2,1-3H3,(H,20,21). The predicted octanol–water partition coefficient (Wildman–Crippen LogP) is 1.70. The third-order valence-electron chi connectivity index (χ3n) is 4.34. The Balaban J connectivity index is 2.18. The minimum atomic E-state index is -0.793. The lowest BCUT2D eigenvalue weighted by Crippen LogP contribution is -2.37. The van der Waals surface area contributed by atoms with E-state index in [1.54, 1.807) is 22.7 Å². The molecule has 1 aromatic rings. The summed E-state index contributed by atoms with van der Waals surface area (Å²) in [5.41, 5.74) is 0.624. The van der Waals surface area contributed by atoms with Crippen molar-refractivity contribution in [2.75, 3.05) is 13.1 Å². The van der Waals surface area contributed by atoms with Gasteiger partial charge in [-0.15, -0.1) is 0 Å². The van der Waals surface area contributed by atoms with Crippen LogP contribution in [-0.2, 0) is 18.3 Å². The van der Waals surface area contributed by atoms with Crippen LogP contribution in [0.2, 0.25) is 0 Å². The molecule has 6 heteroatoms. The molecular weight excluding hydrogens is 270 g/mol. The number of carboxylic acids is 1. The molecule has 0 bridgehead atoms. The van der Waals surface area contributed by atoms with Crippen molar-refractivity contribution in [1.29, 1.82) is 0 Å². The maximum atomic E-state index is 12.6. The third-order valence-corrected chi connectivity index (χ3v) is 4.34. The first-order valence-corrected chi connectivity index (χ1v) is 7.49. The highest BCUT2D eigenvalue weighted by Crippen LogP contribution is 2.36. The van der Waals surface area contributed by atoms with Gasteiger partial charge in [0.15, 0.2) is 0 Å². The summed E-state index contributed by atoms with van der Waals surface area (Å²) >= 11 is 0. The number of hydrogen-bond acceptors (Lipinski definition) is 3. The van der Waals surface area contributed by atoms with Crippen molar-refractivity contribution < 1.29 is 14.7 Å². The average Bonchev–Trinajstić information content (AvgIpc) is 3.03. The van der Waals surface area contributed by atoms with Crippen molar-refractivity contribution >= 4 is 11.9 Å². The molecule has 6 nitrogen and oxygen atoms in total. The molecule has 1 atom stereocenters. The summed E-state index contributed by atoms with van der Waals surface area (Å²) in [6.07, 6.45) is 2.72. The van der Waals surface area contributed by atoms with Crippen molar-refractivity contribution in [1.82, 2.24) is 14.7 Å². The smallest absolute Gasteiger partial charge is 0.311 e. The molecule has 2 heterocycles. The molecule has 2 rings (SSSR count). The van der Waals surface area contributed by atoms with Crippen molar-refractivity contribution in [3.8, 4) is 0 Å². The van der Waals surface area contributed by atoms with Crippen molar-refractivity contribution in [3.63, 3.8) is 0 Å². The number of aryl methyl sites for hydroxylation is 2. The molecule has 1 aliphatic rings. The van der Waals surface area contributed by atoms with Gasteiger partial charge in [0.25, 0.3) is 5.91 Å². The van der Waals surface area contributed by atoms with E-state index in [4.69, 9.17) is 0 Å². The number of nitrogens with zero attached hydrogens (tertiary/aromatic N) is 3. The Morgan fingerprint density at radius 2 is 2.14 bits per heavy atom. The van der Waals surface area contributed by atoms with Crippen molar-refractivity contribution in [3.05, 3.63) is 17.5 Å². The van der Waals surface area contributed by atoms with E-state index in [1.165, 1.54) is 0 Å². The van der Waals surface area contributed by atoms with Crippen LogP contribution in [0.25, 0.3) is 0 Å². The number of aliphatic carboxylic acids is 1. The van der Waals surface area contributed by atoms with E-state index in [-0.39, 0.29) is 5.91 Å². The van der Waals surface area contributed by atoms with Crippen LogP contribution in [0.5, 0.6) is 0 Å². The molecule has 1 amide bonds. The zero-order valence-corrected chi connectivity index (χ0v) is 12.9. The molecular formula is C15H23N3O3. The van der Waals surface area contributed by atoms with Gasteiger partial charge >= 0.3 is 5.97 Å². The van der Waals surface area contributed by atoms with Crippen LogP contribution < -0.4 is 0 Å². The van der Waals surface area contributed by atoms with Crippen LogP contribution in [0.15, 0.2) is 6.07 Å². The maximum absolute atomic E-state index is 12.6. The van der Waals surface area contributed by atoms with E-state index in [2.05, 4.69) is 5.10 Å². The summed E-state index contributed by atoms with van der Waals surface area (Å²) in [5, 5.41) is 13.8. The predicted molar refractivity (Wildman–Crippen MR) is 78.1 cm³/mol. The van der Waals surface area contributed by atoms with Crippen LogP contribution >= 0.6 is 0 Å². The number of carboxylic acid groups (broad SMARTS) is 1. The Morgan fingerprint density at radius 3 is 2.67 bits per heavy atom. The van der Waals surface area contributed by atoms with Gasteiger partial charge < -0.3 is 10.0 Å². The topological polar surface area (TPSA) is 75.4 Å². The molecule has 1 saturated heterocycles. The zero-order valence-electron chi connectivity index (χ0n) is 12.9. The number of likely N-dealkylation sites (tertiary alicyclic amines) is 1. The molecule has 0 spiro atoms. The Morgan fingerprint density at radius 1 is 1.43 bits per heavy atom. The van der Waals surface area contributed by atoms with Gasteiger partial charge in [0.2, 0.25) is 0 Å². The first-order chi connectivity index (χ1) is 9.93. The first kappa shape index (κ1) is 15.5. The van der Waals surface area contributed by atoms with Crippen molar-refractivity contribution in [2.45, 2.75) is 39.5 Å². The van der Waals surface area contributed by atoms with Gasteiger partial charge in [-0.05, 0) is 25.3 Å². The maximum Gasteiger partial charge on any atom is 0.311 e. The summed E-state index contributed by atoms with van der Waals surface area (Å²) in [7, 11) is 1.75. The minimum Gasteiger partial charge on any atom is -0.481 e. The molecule has 1 unspecified atom stereocenters. The summed E-state index contributed by atoms with van der Waals surface area (Å²) < 4.78 is 1.59. The SMILES string of the molecule is CCCC1(C(=O)O)CCN(C(=O)c2cc(CC)nn2C)C1. The van der Waals surface area contributed by atoms with E-state index in [1.807, 2.05) is 13.8 Å². The molecule has 1 fully saturated rings. The Kier molecular flexibility index (Phi) is 4.34. The molecule has 1 N–H and O–H groups in total. The lowest BCUT2D eigenvalue weighted by atomic mass is 9.83. The van der Waals surface area contributed by atoms with Gasteiger partial charge in [0.1, 0.15) is 5.69 Å². The number of aromatic nitrogens is 2. The fraction of sp³-hybridized carbons (Fsp3) is 0.667. The van der Waals surface area contributed by atoms with E-state index >= 15 is 0 Å². The fourth-order valence-corrected chi connectivity index (χ4v) is 3.07. The second-order valence-corrected chi connectivity index (χ2v) is 5.81. The highest BCUT2D eigenvalue weighted by Gasteiger charge is 2.45. The van der Waals surface area contributed by atoms with Crippen LogP contribution in [0.1, 0.15) is 49.3 Å². The molecule has 116 valence electrons. The van der Waals surface area contributed by atoms with Gasteiger partial charge in [-0.3, -0.25) is 14.3 Å². The van der Waals surface area contributed by atoms with Gasteiger partial charge in [-0.25, -0.2) is 0 Å². The monoisotopic (exact) mass is 293 g/mol. The van der Waals surface area contributed by atoms with Crippen LogP contribution in [0.4, 0.5) is 0 Å².